The van der Waals surface area contributed by atoms with Crippen LogP contribution in [0.1, 0.15) is 18.9 Å². The molecular formula is C12H18N2O3. The van der Waals surface area contributed by atoms with E-state index in [4.69, 9.17) is 4.74 Å². The van der Waals surface area contributed by atoms with Crippen molar-refractivity contribution >= 4 is 5.97 Å². The molecule has 0 saturated heterocycles. The maximum Gasteiger partial charge on any atom is 0.323 e. The Morgan fingerprint density at radius 3 is 2.71 bits per heavy atom. The van der Waals surface area contributed by atoms with Crippen molar-refractivity contribution in [3.8, 4) is 0 Å². The van der Waals surface area contributed by atoms with Gasteiger partial charge in [-0.05, 0) is 31.0 Å². The Hall–Kier alpha value is -1.46. The van der Waals surface area contributed by atoms with Crippen LogP contribution in [0.25, 0.3) is 0 Å². The van der Waals surface area contributed by atoms with Gasteiger partial charge >= 0.3 is 5.97 Å². The molecule has 17 heavy (non-hydrogen) atoms. The monoisotopic (exact) mass is 238 g/mol. The number of rotatable bonds is 7. The lowest BCUT2D eigenvalue weighted by molar-refractivity contribution is -0.145. The summed E-state index contributed by atoms with van der Waals surface area (Å²) < 4.78 is 4.93. The van der Waals surface area contributed by atoms with Crippen molar-refractivity contribution in [1.29, 1.82) is 0 Å². The minimum Gasteiger partial charge on any atom is -0.480 e. The maximum atomic E-state index is 11.2. The SMILES string of the molecule is COCCC(C)(NCc1ccncc1)C(=O)O. The molecule has 0 spiro atoms. The Bertz CT molecular complexity index is 356. The number of aliphatic carboxylic acids is 1. The van der Waals surface area contributed by atoms with Gasteiger partial charge in [0.25, 0.3) is 0 Å². The summed E-state index contributed by atoms with van der Waals surface area (Å²) in [6.45, 7) is 2.57. The third-order valence-electron chi connectivity index (χ3n) is 2.71. The lowest BCUT2D eigenvalue weighted by Crippen LogP contribution is -2.49. The number of carboxylic acid groups (broad SMARTS) is 1. The number of methoxy groups -OCH3 is 1. The summed E-state index contributed by atoms with van der Waals surface area (Å²) in [5, 5.41) is 12.2. The molecule has 94 valence electrons. The van der Waals surface area contributed by atoms with Crippen LogP contribution >= 0.6 is 0 Å². The minimum atomic E-state index is -0.973. The average molecular weight is 238 g/mol. The topological polar surface area (TPSA) is 71.5 Å². The predicted molar refractivity (Wildman–Crippen MR) is 63.6 cm³/mol. The molecule has 1 atom stereocenters. The molecule has 1 aromatic heterocycles. The molecule has 0 radical (unpaired) electrons. The summed E-state index contributed by atoms with van der Waals surface area (Å²) in [6, 6.07) is 3.71. The minimum absolute atomic E-state index is 0.409. The maximum absolute atomic E-state index is 11.2. The number of carboxylic acids is 1. The number of nitrogens with zero attached hydrogens (tertiary/aromatic N) is 1. The van der Waals surface area contributed by atoms with Crippen LogP contribution in [0.15, 0.2) is 24.5 Å². The van der Waals surface area contributed by atoms with Crippen LogP contribution in [0.5, 0.6) is 0 Å². The number of hydrogen-bond acceptors (Lipinski definition) is 4. The van der Waals surface area contributed by atoms with E-state index in [1.54, 1.807) is 26.4 Å². The molecule has 2 N–H and O–H groups in total. The smallest absolute Gasteiger partial charge is 0.323 e. The van der Waals surface area contributed by atoms with Crippen LogP contribution in [0.3, 0.4) is 0 Å². The molecule has 0 aromatic carbocycles. The van der Waals surface area contributed by atoms with Gasteiger partial charge in [-0.15, -0.1) is 0 Å². The van der Waals surface area contributed by atoms with Crippen LogP contribution in [-0.2, 0) is 16.1 Å². The molecule has 0 saturated carbocycles. The molecule has 0 aliphatic rings. The van der Waals surface area contributed by atoms with Gasteiger partial charge in [0.15, 0.2) is 0 Å². The summed E-state index contributed by atoms with van der Waals surface area (Å²) in [5.41, 5.74) is 0.0316. The molecule has 0 bridgehead atoms. The Morgan fingerprint density at radius 2 is 2.18 bits per heavy atom. The Morgan fingerprint density at radius 1 is 1.53 bits per heavy atom. The summed E-state index contributed by atoms with van der Waals surface area (Å²) in [6.07, 6.45) is 3.79. The van der Waals surface area contributed by atoms with Crippen LogP contribution in [0.4, 0.5) is 0 Å². The zero-order valence-corrected chi connectivity index (χ0v) is 10.1. The van der Waals surface area contributed by atoms with Gasteiger partial charge in [0.05, 0.1) is 0 Å². The normalized spacial score (nSPS) is 14.2. The van der Waals surface area contributed by atoms with Crippen molar-refractivity contribution in [2.45, 2.75) is 25.4 Å². The lowest BCUT2D eigenvalue weighted by atomic mass is 9.98. The van der Waals surface area contributed by atoms with E-state index < -0.39 is 11.5 Å². The lowest BCUT2D eigenvalue weighted by Gasteiger charge is -2.26. The van der Waals surface area contributed by atoms with Gasteiger partial charge in [-0.25, -0.2) is 0 Å². The average Bonchev–Trinajstić information content (AvgIpc) is 2.35. The number of ether oxygens (including phenoxy) is 1. The summed E-state index contributed by atoms with van der Waals surface area (Å²) in [5.74, 6) is -0.872. The second kappa shape index (κ2) is 6.32. The largest absolute Gasteiger partial charge is 0.480 e. The number of pyridine rings is 1. The summed E-state index contributed by atoms with van der Waals surface area (Å²) in [4.78, 5) is 15.1. The summed E-state index contributed by atoms with van der Waals surface area (Å²) >= 11 is 0. The van der Waals surface area contributed by atoms with Crippen LogP contribution in [-0.4, -0.2) is 35.3 Å². The van der Waals surface area contributed by atoms with Crippen molar-refractivity contribution in [2.24, 2.45) is 0 Å². The Balaban J connectivity index is 2.58. The van der Waals surface area contributed by atoms with Crippen molar-refractivity contribution in [3.63, 3.8) is 0 Å². The van der Waals surface area contributed by atoms with E-state index in [0.29, 0.717) is 19.6 Å². The van der Waals surface area contributed by atoms with Crippen molar-refractivity contribution in [2.75, 3.05) is 13.7 Å². The molecular weight excluding hydrogens is 220 g/mol. The van der Waals surface area contributed by atoms with Gasteiger partial charge in [-0.1, -0.05) is 0 Å². The van der Waals surface area contributed by atoms with Gasteiger partial charge in [-0.3, -0.25) is 15.1 Å². The first kappa shape index (κ1) is 13.6. The first-order chi connectivity index (χ1) is 8.08. The van der Waals surface area contributed by atoms with Gasteiger partial charge in [-0.2, -0.15) is 0 Å². The van der Waals surface area contributed by atoms with Gasteiger partial charge in [0.1, 0.15) is 5.54 Å². The van der Waals surface area contributed by atoms with Crippen molar-refractivity contribution < 1.29 is 14.6 Å². The van der Waals surface area contributed by atoms with Gasteiger partial charge in [0, 0.05) is 32.7 Å². The molecule has 0 amide bonds. The van der Waals surface area contributed by atoms with Crippen molar-refractivity contribution in [3.05, 3.63) is 30.1 Å². The van der Waals surface area contributed by atoms with Crippen LogP contribution < -0.4 is 5.32 Å². The predicted octanol–water partition coefficient (Wildman–Crippen LogP) is 1.05. The third kappa shape index (κ3) is 4.13. The molecule has 1 rings (SSSR count). The van der Waals surface area contributed by atoms with E-state index in [9.17, 15) is 9.90 Å². The highest BCUT2D eigenvalue weighted by molar-refractivity contribution is 5.78. The number of hydrogen-bond donors (Lipinski definition) is 2. The second-order valence-electron chi connectivity index (χ2n) is 4.09. The zero-order valence-electron chi connectivity index (χ0n) is 10.1. The number of nitrogens with one attached hydrogen (secondary N) is 1. The van der Waals surface area contributed by atoms with Gasteiger partial charge in [0.2, 0.25) is 0 Å². The van der Waals surface area contributed by atoms with E-state index in [0.717, 1.165) is 5.56 Å². The molecule has 0 aliphatic heterocycles. The van der Waals surface area contributed by atoms with E-state index in [-0.39, 0.29) is 0 Å². The number of carbonyl (C=O) groups is 1. The molecule has 5 heteroatoms. The fourth-order valence-electron chi connectivity index (χ4n) is 1.37. The Kier molecular flexibility index (Phi) is 5.06. The Labute approximate surface area is 101 Å². The standard InChI is InChI=1S/C12H18N2O3/c1-12(11(15)16,5-8-17-2)14-9-10-3-6-13-7-4-10/h3-4,6-7,14H,5,8-9H2,1-2H3,(H,15,16). The van der Waals surface area contributed by atoms with E-state index in [1.165, 1.54) is 0 Å². The first-order valence-corrected chi connectivity index (χ1v) is 5.45. The van der Waals surface area contributed by atoms with Crippen LogP contribution in [0.2, 0.25) is 0 Å². The summed E-state index contributed by atoms with van der Waals surface area (Å²) in [7, 11) is 1.56. The highest BCUT2D eigenvalue weighted by atomic mass is 16.5. The zero-order chi connectivity index (χ0) is 12.7. The quantitative estimate of drug-likeness (QED) is 0.743. The second-order valence-corrected chi connectivity index (χ2v) is 4.09. The van der Waals surface area contributed by atoms with Crippen LogP contribution in [0, 0.1) is 0 Å². The van der Waals surface area contributed by atoms with E-state index in [2.05, 4.69) is 10.3 Å². The third-order valence-corrected chi connectivity index (χ3v) is 2.71. The fourth-order valence-corrected chi connectivity index (χ4v) is 1.37. The highest BCUT2D eigenvalue weighted by Gasteiger charge is 2.31. The molecule has 5 nitrogen and oxygen atoms in total. The van der Waals surface area contributed by atoms with E-state index in [1.807, 2.05) is 12.1 Å². The fraction of sp³-hybridized carbons (Fsp3) is 0.500. The molecule has 1 heterocycles. The molecule has 1 aromatic rings. The van der Waals surface area contributed by atoms with Crippen molar-refractivity contribution in [1.82, 2.24) is 10.3 Å². The molecule has 0 aliphatic carbocycles. The van der Waals surface area contributed by atoms with E-state index >= 15 is 0 Å². The highest BCUT2D eigenvalue weighted by Crippen LogP contribution is 2.11. The molecule has 0 fully saturated rings. The van der Waals surface area contributed by atoms with Gasteiger partial charge < -0.3 is 9.84 Å². The first-order valence-electron chi connectivity index (χ1n) is 5.45. The number of aromatic nitrogens is 1. The molecule has 1 unspecified atom stereocenters.